The predicted molar refractivity (Wildman–Crippen MR) is 127 cm³/mol. The number of rotatable bonds is 3. The summed E-state index contributed by atoms with van der Waals surface area (Å²) in [4.78, 5) is 27.6. The van der Waals surface area contributed by atoms with Crippen molar-refractivity contribution in [2.45, 2.75) is 57.4 Å². The maximum atomic E-state index is 13.9. The van der Waals surface area contributed by atoms with Gasteiger partial charge in [0.2, 0.25) is 5.91 Å². The van der Waals surface area contributed by atoms with Crippen LogP contribution < -0.4 is 15.1 Å². The number of amides is 1. The molecule has 6 rings (SSSR count). The van der Waals surface area contributed by atoms with Crippen LogP contribution in [0, 0.1) is 5.92 Å². The van der Waals surface area contributed by atoms with Gasteiger partial charge in [-0.05, 0) is 62.8 Å². The summed E-state index contributed by atoms with van der Waals surface area (Å²) in [5, 5.41) is 7.58. The van der Waals surface area contributed by atoms with Crippen molar-refractivity contribution in [3.8, 4) is 0 Å². The van der Waals surface area contributed by atoms with Gasteiger partial charge in [0, 0.05) is 29.9 Å². The molecule has 0 radical (unpaired) electrons. The van der Waals surface area contributed by atoms with Gasteiger partial charge in [-0.15, -0.1) is 0 Å². The van der Waals surface area contributed by atoms with Crippen LogP contribution in [0.5, 0.6) is 0 Å². The zero-order valence-corrected chi connectivity index (χ0v) is 18.9. The number of hydrogen-bond donors (Lipinski definition) is 1. The van der Waals surface area contributed by atoms with E-state index in [0.717, 1.165) is 79.2 Å². The van der Waals surface area contributed by atoms with Crippen LogP contribution in [0.3, 0.4) is 0 Å². The van der Waals surface area contributed by atoms with Gasteiger partial charge >= 0.3 is 0 Å². The summed E-state index contributed by atoms with van der Waals surface area (Å²) in [5.41, 5.74) is 4.99. The van der Waals surface area contributed by atoms with Gasteiger partial charge in [0.15, 0.2) is 0 Å². The fraction of sp³-hybridized carbons (Fsp3) is 0.480. The van der Waals surface area contributed by atoms with Crippen molar-refractivity contribution in [2.24, 2.45) is 11.1 Å². The number of carbonyl (C=O) groups excluding carboxylic acids is 1. The summed E-state index contributed by atoms with van der Waals surface area (Å²) in [7, 11) is 1.58. The number of fused-ring (bicyclic) bond motifs is 4. The van der Waals surface area contributed by atoms with E-state index in [0.29, 0.717) is 12.6 Å². The van der Waals surface area contributed by atoms with Gasteiger partial charge in [0.1, 0.15) is 19.2 Å². The van der Waals surface area contributed by atoms with Gasteiger partial charge in [-0.2, -0.15) is 0 Å². The third kappa shape index (κ3) is 3.72. The number of nitrogens with one attached hydrogen (secondary N) is 1. The summed E-state index contributed by atoms with van der Waals surface area (Å²) in [5.74, 6) is 0.952. The monoisotopic (exact) mass is 447 g/mol. The Labute approximate surface area is 193 Å². The van der Waals surface area contributed by atoms with Crippen molar-refractivity contribution in [3.05, 3.63) is 42.1 Å². The molecule has 8 nitrogen and oxygen atoms in total. The van der Waals surface area contributed by atoms with Crippen LogP contribution in [0.1, 0.15) is 44.1 Å². The molecule has 8 heteroatoms. The van der Waals surface area contributed by atoms with Crippen LogP contribution >= 0.6 is 0 Å². The third-order valence-corrected chi connectivity index (χ3v) is 7.31. The molecule has 2 atom stereocenters. The Kier molecular flexibility index (Phi) is 5.17. The van der Waals surface area contributed by atoms with E-state index in [1.54, 1.807) is 13.3 Å². The van der Waals surface area contributed by atoms with Crippen LogP contribution in [0.2, 0.25) is 0 Å². The minimum atomic E-state index is -0.0262. The van der Waals surface area contributed by atoms with Crippen molar-refractivity contribution < 1.29 is 14.4 Å². The fourth-order valence-electron chi connectivity index (χ4n) is 5.58. The Balaban J connectivity index is 1.34. The first kappa shape index (κ1) is 20.5. The molecule has 172 valence electrons. The quantitative estimate of drug-likeness (QED) is 0.711. The molecule has 1 aliphatic carbocycles. The fourth-order valence-corrected chi connectivity index (χ4v) is 5.58. The minimum absolute atomic E-state index is 0.0262. The number of ether oxygens (including phenoxy) is 1. The number of hydrogen-bond acceptors (Lipinski definition) is 7. The lowest BCUT2D eigenvalue weighted by Gasteiger charge is -2.31. The minimum Gasteiger partial charge on any atom is -0.399 e. The van der Waals surface area contributed by atoms with Gasteiger partial charge in [0.25, 0.3) is 0 Å². The number of aromatic nitrogens is 1. The van der Waals surface area contributed by atoms with Crippen molar-refractivity contribution in [3.63, 3.8) is 0 Å². The van der Waals surface area contributed by atoms with Crippen LogP contribution in [0.15, 0.2) is 41.7 Å². The largest absolute Gasteiger partial charge is 0.399 e. The highest BCUT2D eigenvalue weighted by atomic mass is 16.6. The number of benzene rings is 1. The summed E-state index contributed by atoms with van der Waals surface area (Å²) in [6.07, 6.45) is 7.64. The topological polar surface area (TPSA) is 79.3 Å². The third-order valence-electron chi connectivity index (χ3n) is 7.31. The SMILES string of the molecule is CON=C1CCC(C(=O)N2Cc3cccnc3Nc3ccc(N4CC5CCC4O5)cc32)CC1. The maximum Gasteiger partial charge on any atom is 0.230 e. The number of nitrogens with zero attached hydrogens (tertiary/aromatic N) is 4. The van der Waals surface area contributed by atoms with Gasteiger partial charge < -0.3 is 24.7 Å². The van der Waals surface area contributed by atoms with E-state index in [-0.39, 0.29) is 18.1 Å². The number of carbonyl (C=O) groups is 1. The lowest BCUT2D eigenvalue weighted by atomic mass is 9.86. The summed E-state index contributed by atoms with van der Waals surface area (Å²) in [6.45, 7) is 1.42. The van der Waals surface area contributed by atoms with Gasteiger partial charge in [-0.25, -0.2) is 4.98 Å². The summed E-state index contributed by atoms with van der Waals surface area (Å²) < 4.78 is 6.06. The van der Waals surface area contributed by atoms with Crippen molar-refractivity contribution in [1.82, 2.24) is 4.98 Å². The predicted octanol–water partition coefficient (Wildman–Crippen LogP) is 4.19. The van der Waals surface area contributed by atoms with E-state index < -0.39 is 0 Å². The second-order valence-electron chi connectivity index (χ2n) is 9.32. The molecular formula is C25H29N5O3. The van der Waals surface area contributed by atoms with Crippen molar-refractivity contribution in [2.75, 3.05) is 28.8 Å². The second-order valence-corrected chi connectivity index (χ2v) is 9.32. The molecular weight excluding hydrogens is 418 g/mol. The summed E-state index contributed by atoms with van der Waals surface area (Å²) in [6, 6.07) is 10.3. The smallest absolute Gasteiger partial charge is 0.230 e. The lowest BCUT2D eigenvalue weighted by molar-refractivity contribution is -0.123. The molecule has 33 heavy (non-hydrogen) atoms. The summed E-state index contributed by atoms with van der Waals surface area (Å²) >= 11 is 0. The Morgan fingerprint density at radius 2 is 2.09 bits per heavy atom. The number of anilines is 4. The highest BCUT2D eigenvalue weighted by molar-refractivity contribution is 6.01. The second kappa shape index (κ2) is 8.33. The molecule has 1 N–H and O–H groups in total. The van der Waals surface area contributed by atoms with E-state index >= 15 is 0 Å². The van der Waals surface area contributed by atoms with E-state index in [1.807, 2.05) is 17.0 Å². The molecule has 2 unspecified atom stereocenters. The average molecular weight is 448 g/mol. The molecule has 4 heterocycles. The first-order valence-corrected chi connectivity index (χ1v) is 11.9. The first-order valence-electron chi connectivity index (χ1n) is 11.9. The van der Waals surface area contributed by atoms with Crippen molar-refractivity contribution >= 4 is 34.5 Å². The highest BCUT2D eigenvalue weighted by Gasteiger charge is 2.39. The van der Waals surface area contributed by atoms with E-state index in [4.69, 9.17) is 9.57 Å². The molecule has 1 amide bonds. The Morgan fingerprint density at radius 3 is 2.85 bits per heavy atom. The first-order chi connectivity index (χ1) is 16.2. The molecule has 3 fully saturated rings. The van der Waals surface area contributed by atoms with Crippen LogP contribution in [0.4, 0.5) is 22.9 Å². The molecule has 2 saturated heterocycles. The maximum absolute atomic E-state index is 13.9. The van der Waals surface area contributed by atoms with Gasteiger partial charge in [-0.3, -0.25) is 4.79 Å². The van der Waals surface area contributed by atoms with Gasteiger partial charge in [-0.1, -0.05) is 11.2 Å². The molecule has 1 aromatic heterocycles. The highest BCUT2D eigenvalue weighted by Crippen LogP contribution is 2.42. The van der Waals surface area contributed by atoms with Gasteiger partial charge in [0.05, 0.1) is 29.7 Å². The molecule has 4 aliphatic rings. The zero-order valence-electron chi connectivity index (χ0n) is 18.9. The lowest BCUT2D eigenvalue weighted by Crippen LogP contribution is -2.38. The number of oxime groups is 1. The van der Waals surface area contributed by atoms with E-state index in [1.165, 1.54) is 0 Å². The molecule has 3 aliphatic heterocycles. The standard InChI is InChI=1S/C25H29N5O3/c1-32-28-18-6-4-16(5-7-18)25(31)30-14-17-3-2-12-26-24(17)27-21-10-8-19(13-22(21)30)29-15-20-9-11-23(29)33-20/h2-3,8,10,12-13,16,20,23H,4-7,9,11,14-15H2,1H3,(H,26,27). The van der Waals surface area contributed by atoms with Crippen molar-refractivity contribution in [1.29, 1.82) is 0 Å². The van der Waals surface area contributed by atoms with Crippen LogP contribution in [-0.2, 0) is 20.9 Å². The molecule has 2 bridgehead atoms. The Bertz CT molecular complexity index is 1090. The zero-order chi connectivity index (χ0) is 22.4. The molecule has 0 spiro atoms. The average Bonchev–Trinajstić information content (AvgIpc) is 3.44. The number of pyridine rings is 1. The van der Waals surface area contributed by atoms with Crippen LogP contribution in [0.25, 0.3) is 0 Å². The van der Waals surface area contributed by atoms with E-state index in [2.05, 4.69) is 38.6 Å². The molecule has 1 aromatic carbocycles. The Hall–Kier alpha value is -3.13. The molecule has 2 aromatic rings. The van der Waals surface area contributed by atoms with Crippen LogP contribution in [-0.4, -0.2) is 42.6 Å². The molecule has 1 saturated carbocycles. The van der Waals surface area contributed by atoms with E-state index in [9.17, 15) is 4.79 Å². The Morgan fingerprint density at radius 1 is 1.21 bits per heavy atom. The number of piperidine rings is 1. The normalized spacial score (nSPS) is 25.7.